The molecule has 0 spiro atoms. The third-order valence-electron chi connectivity index (χ3n) is 5.32. The number of benzene rings is 2. The minimum Gasteiger partial charge on any atom is -0.468 e. The fourth-order valence-electron chi connectivity index (χ4n) is 3.72. The summed E-state index contributed by atoms with van der Waals surface area (Å²) in [7, 11) is 2.04. The maximum absolute atomic E-state index is 12.4. The Kier molecular flexibility index (Phi) is 6.77. The van der Waals surface area contributed by atoms with E-state index in [4.69, 9.17) is 4.42 Å². The summed E-state index contributed by atoms with van der Waals surface area (Å²) in [5.74, 6) is 0.921. The van der Waals surface area contributed by atoms with Gasteiger partial charge in [0.25, 0.3) is 5.56 Å². The molecule has 0 aliphatic heterocycles. The highest BCUT2D eigenvalue weighted by molar-refractivity contribution is 5.95. The number of aromatic nitrogens is 2. The van der Waals surface area contributed by atoms with Crippen LogP contribution < -0.4 is 10.9 Å². The molecule has 2 aromatic carbocycles. The molecule has 4 rings (SSSR count). The first-order valence-electron chi connectivity index (χ1n) is 10.7. The summed E-state index contributed by atoms with van der Waals surface area (Å²) >= 11 is 0. The molecule has 0 fully saturated rings. The van der Waals surface area contributed by atoms with E-state index in [-0.39, 0.29) is 11.5 Å². The van der Waals surface area contributed by atoms with Crippen LogP contribution in [0.4, 0.5) is 5.69 Å². The summed E-state index contributed by atoms with van der Waals surface area (Å²) in [6, 6.07) is 18.7. The van der Waals surface area contributed by atoms with Crippen molar-refractivity contribution in [3.05, 3.63) is 83.0 Å². The van der Waals surface area contributed by atoms with Crippen LogP contribution in [-0.4, -0.2) is 34.6 Å². The van der Waals surface area contributed by atoms with Crippen molar-refractivity contribution in [2.24, 2.45) is 0 Å². The number of aromatic amines is 1. The number of rotatable bonds is 9. The molecule has 7 heteroatoms. The van der Waals surface area contributed by atoms with Gasteiger partial charge in [-0.25, -0.2) is 5.10 Å². The quantitative estimate of drug-likeness (QED) is 0.384. The van der Waals surface area contributed by atoms with E-state index in [9.17, 15) is 9.59 Å². The van der Waals surface area contributed by atoms with E-state index >= 15 is 0 Å². The molecule has 0 saturated heterocycles. The number of fused-ring (bicyclic) bond motifs is 1. The normalized spacial score (nSPS) is 11.2. The molecule has 2 N–H and O–H groups in total. The number of nitrogens with zero attached hydrogens (tertiary/aromatic N) is 2. The van der Waals surface area contributed by atoms with E-state index in [2.05, 4.69) is 20.4 Å². The molecule has 4 aromatic rings. The van der Waals surface area contributed by atoms with E-state index in [1.165, 1.54) is 0 Å². The van der Waals surface area contributed by atoms with E-state index in [0.717, 1.165) is 42.6 Å². The molecule has 7 nitrogen and oxygen atoms in total. The molecule has 0 atom stereocenters. The van der Waals surface area contributed by atoms with E-state index in [1.807, 2.05) is 61.6 Å². The van der Waals surface area contributed by atoms with Crippen molar-refractivity contribution in [3.8, 4) is 11.3 Å². The Hall–Kier alpha value is -3.71. The second-order valence-electron chi connectivity index (χ2n) is 7.85. The van der Waals surface area contributed by atoms with E-state index < -0.39 is 0 Å². The Morgan fingerprint density at radius 2 is 1.91 bits per heavy atom. The summed E-state index contributed by atoms with van der Waals surface area (Å²) in [5, 5.41) is 11.1. The van der Waals surface area contributed by atoms with Crippen LogP contribution in [-0.2, 0) is 11.3 Å². The standard InChI is InChI=1S/C25H26N4O3/c1-29(17-20-10-7-15-32-20)14-5-4-13-23(30)26-19-9-6-8-18(16-19)24-21-11-2-3-12-22(21)25(31)28-27-24/h2-3,6-12,15-16H,4-5,13-14,17H2,1H3,(H,26,30)(H,28,31). The van der Waals surface area contributed by atoms with Crippen molar-refractivity contribution in [2.75, 3.05) is 18.9 Å². The van der Waals surface area contributed by atoms with Crippen molar-refractivity contribution < 1.29 is 9.21 Å². The minimum atomic E-state index is -0.219. The molecule has 2 heterocycles. The van der Waals surface area contributed by atoms with Crippen molar-refractivity contribution in [1.29, 1.82) is 0 Å². The summed E-state index contributed by atoms with van der Waals surface area (Å²) in [5.41, 5.74) is 1.99. The highest BCUT2D eigenvalue weighted by Crippen LogP contribution is 2.26. The van der Waals surface area contributed by atoms with Crippen molar-refractivity contribution in [2.45, 2.75) is 25.8 Å². The van der Waals surface area contributed by atoms with Gasteiger partial charge in [0.1, 0.15) is 5.76 Å². The fourth-order valence-corrected chi connectivity index (χ4v) is 3.72. The van der Waals surface area contributed by atoms with Crippen molar-refractivity contribution in [3.63, 3.8) is 0 Å². The number of unbranched alkanes of at least 4 members (excludes halogenated alkanes) is 1. The number of carbonyl (C=O) groups is 1. The van der Waals surface area contributed by atoms with Gasteiger partial charge in [-0.05, 0) is 56.8 Å². The lowest BCUT2D eigenvalue weighted by Gasteiger charge is -2.14. The molecule has 0 radical (unpaired) electrons. The number of furan rings is 1. The van der Waals surface area contributed by atoms with Crippen LogP contribution in [0.25, 0.3) is 22.0 Å². The zero-order valence-corrected chi connectivity index (χ0v) is 18.0. The first kappa shape index (κ1) is 21.5. The molecule has 0 aliphatic carbocycles. The predicted octanol–water partition coefficient (Wildman–Crippen LogP) is 4.42. The smallest absolute Gasteiger partial charge is 0.272 e. The number of anilines is 1. The molecule has 0 unspecified atom stereocenters. The van der Waals surface area contributed by atoms with Gasteiger partial charge in [-0.15, -0.1) is 0 Å². The summed E-state index contributed by atoms with van der Waals surface area (Å²) < 4.78 is 5.36. The van der Waals surface area contributed by atoms with Crippen LogP contribution >= 0.6 is 0 Å². The van der Waals surface area contributed by atoms with Crippen LogP contribution in [0.1, 0.15) is 25.0 Å². The van der Waals surface area contributed by atoms with Gasteiger partial charge >= 0.3 is 0 Å². The molecule has 32 heavy (non-hydrogen) atoms. The number of H-pyrrole nitrogens is 1. The summed E-state index contributed by atoms with van der Waals surface area (Å²) in [6.45, 7) is 1.66. The van der Waals surface area contributed by atoms with Crippen LogP contribution in [0, 0.1) is 0 Å². The van der Waals surface area contributed by atoms with Gasteiger partial charge in [-0.1, -0.05) is 30.3 Å². The molecule has 2 aromatic heterocycles. The lowest BCUT2D eigenvalue weighted by atomic mass is 10.0. The second kappa shape index (κ2) is 10.1. The Bertz CT molecular complexity index is 1250. The third-order valence-corrected chi connectivity index (χ3v) is 5.32. The third kappa shape index (κ3) is 5.31. The highest BCUT2D eigenvalue weighted by Gasteiger charge is 2.10. The lowest BCUT2D eigenvalue weighted by molar-refractivity contribution is -0.116. The fraction of sp³-hybridized carbons (Fsp3) is 0.240. The Labute approximate surface area is 186 Å². The molecule has 0 aliphatic rings. The number of nitrogens with one attached hydrogen (secondary N) is 2. The topological polar surface area (TPSA) is 91.2 Å². The van der Waals surface area contributed by atoms with Gasteiger partial charge in [0.15, 0.2) is 0 Å². The van der Waals surface area contributed by atoms with Crippen LogP contribution in [0.5, 0.6) is 0 Å². The molecule has 164 valence electrons. The van der Waals surface area contributed by atoms with Crippen LogP contribution in [0.15, 0.2) is 76.1 Å². The molecular formula is C25H26N4O3. The SMILES string of the molecule is CN(CCCCC(=O)Nc1cccc(-c2n[nH]c(=O)c3ccccc23)c1)Cc1ccco1. The predicted molar refractivity (Wildman–Crippen MR) is 125 cm³/mol. The van der Waals surface area contributed by atoms with Crippen molar-refractivity contribution in [1.82, 2.24) is 15.1 Å². The largest absolute Gasteiger partial charge is 0.468 e. The maximum atomic E-state index is 12.4. The zero-order valence-electron chi connectivity index (χ0n) is 18.0. The average molecular weight is 431 g/mol. The van der Waals surface area contributed by atoms with Crippen LogP contribution in [0.3, 0.4) is 0 Å². The van der Waals surface area contributed by atoms with Crippen LogP contribution in [0.2, 0.25) is 0 Å². The van der Waals surface area contributed by atoms with E-state index in [0.29, 0.717) is 23.2 Å². The monoisotopic (exact) mass is 430 g/mol. The van der Waals surface area contributed by atoms with Crippen molar-refractivity contribution >= 4 is 22.4 Å². The number of hydrogen-bond donors (Lipinski definition) is 2. The molecule has 1 amide bonds. The minimum absolute atomic E-state index is 0.0184. The number of carbonyl (C=O) groups excluding carboxylic acids is 1. The van der Waals surface area contributed by atoms with Gasteiger partial charge in [0.05, 0.1) is 23.9 Å². The Morgan fingerprint density at radius 1 is 1.06 bits per heavy atom. The lowest BCUT2D eigenvalue weighted by Crippen LogP contribution is -2.19. The first-order chi connectivity index (χ1) is 15.6. The maximum Gasteiger partial charge on any atom is 0.272 e. The van der Waals surface area contributed by atoms with Gasteiger partial charge in [0.2, 0.25) is 5.91 Å². The zero-order chi connectivity index (χ0) is 22.3. The molecule has 0 saturated carbocycles. The molecular weight excluding hydrogens is 404 g/mol. The molecule has 0 bridgehead atoms. The summed E-state index contributed by atoms with van der Waals surface area (Å²) in [4.78, 5) is 26.6. The average Bonchev–Trinajstić information content (AvgIpc) is 3.30. The Balaban J connectivity index is 1.33. The van der Waals surface area contributed by atoms with Gasteiger partial charge in [-0.2, -0.15) is 5.10 Å². The first-order valence-corrected chi connectivity index (χ1v) is 10.7. The Morgan fingerprint density at radius 3 is 2.72 bits per heavy atom. The van der Waals surface area contributed by atoms with Gasteiger partial charge in [-0.3, -0.25) is 14.5 Å². The summed E-state index contributed by atoms with van der Waals surface area (Å²) in [6.07, 6.45) is 3.87. The van der Waals surface area contributed by atoms with Gasteiger partial charge < -0.3 is 9.73 Å². The number of amides is 1. The highest BCUT2D eigenvalue weighted by atomic mass is 16.3. The second-order valence-corrected chi connectivity index (χ2v) is 7.85. The van der Waals surface area contributed by atoms with E-state index in [1.54, 1.807) is 12.3 Å². The number of hydrogen-bond acceptors (Lipinski definition) is 5. The van der Waals surface area contributed by atoms with Gasteiger partial charge in [0, 0.05) is 23.1 Å².